The smallest absolute Gasteiger partial charge is 0.272 e. The van der Waals surface area contributed by atoms with Crippen molar-refractivity contribution in [2.75, 3.05) is 19.6 Å². The van der Waals surface area contributed by atoms with Crippen molar-refractivity contribution in [2.45, 2.75) is 29.9 Å². The summed E-state index contributed by atoms with van der Waals surface area (Å²) in [5.74, 6) is 0.211. The predicted octanol–water partition coefficient (Wildman–Crippen LogP) is 1.34. The standard InChI is InChI=1S/C17H22N4O3S/c1-20-9-3-4-14(20)12-21-10-6-17(7-11-21)13-19-25(22,23)15-5-2-8-18-16(15)24-17/h2-5,8-9H,6-7,10-13H2,1H3,(H-,19,22,23). The third-order valence-corrected chi connectivity index (χ3v) is 6.54. The Bertz CT molecular complexity index is 814. The third kappa shape index (κ3) is 3.22. The van der Waals surface area contributed by atoms with Crippen molar-refractivity contribution in [3.8, 4) is 5.88 Å². The molecule has 1 saturated heterocycles. The molecule has 4 heterocycles. The van der Waals surface area contributed by atoms with Gasteiger partial charge < -0.3 is 13.9 Å². The molecule has 0 radical (unpaired) electrons. The van der Waals surface area contributed by atoms with E-state index >= 15 is 0 Å². The summed E-state index contributed by atoms with van der Waals surface area (Å²) in [5, 5.41) is 0. The van der Waals surface area contributed by atoms with Gasteiger partial charge in [-0.15, -0.1) is 4.72 Å². The van der Waals surface area contributed by atoms with Gasteiger partial charge in [0.05, 0.1) is 6.54 Å². The number of hydrogen-bond donors (Lipinski definition) is 1. The number of piperidine rings is 1. The van der Waals surface area contributed by atoms with Crippen molar-refractivity contribution in [3.63, 3.8) is 0 Å². The molecule has 0 amide bonds. The van der Waals surface area contributed by atoms with E-state index in [-0.39, 0.29) is 17.3 Å². The first kappa shape index (κ1) is 16.7. The molecule has 4 rings (SSSR count). The SMILES string of the molecule is Cn1cccc1CN1CCC2(CC1)CN[S+](=O)([O-])c1cccnc1O2. The van der Waals surface area contributed by atoms with Crippen molar-refractivity contribution in [2.24, 2.45) is 7.05 Å². The normalized spacial score (nSPS) is 26.0. The Labute approximate surface area is 148 Å². The van der Waals surface area contributed by atoms with Gasteiger partial charge in [-0.3, -0.25) is 4.90 Å². The van der Waals surface area contributed by atoms with Crippen LogP contribution in [0.15, 0.2) is 41.6 Å². The lowest BCUT2D eigenvalue weighted by atomic mass is 9.91. The number of fused-ring (bicyclic) bond motifs is 1. The van der Waals surface area contributed by atoms with E-state index in [2.05, 4.69) is 25.2 Å². The van der Waals surface area contributed by atoms with Crippen LogP contribution >= 0.6 is 0 Å². The summed E-state index contributed by atoms with van der Waals surface area (Å²) < 4.78 is 35.7. The van der Waals surface area contributed by atoms with Gasteiger partial charge >= 0.3 is 0 Å². The number of hydrogen-bond acceptors (Lipinski definition) is 5. The van der Waals surface area contributed by atoms with Crippen LogP contribution in [0.4, 0.5) is 0 Å². The molecule has 1 atom stereocenters. The molecule has 2 aliphatic heterocycles. The minimum Gasteiger partial charge on any atom is -0.593 e. The number of ether oxygens (including phenoxy) is 1. The van der Waals surface area contributed by atoms with Gasteiger partial charge in [0.1, 0.15) is 5.60 Å². The number of likely N-dealkylation sites (tertiary alicyclic amines) is 1. The Morgan fingerprint density at radius 3 is 2.88 bits per heavy atom. The van der Waals surface area contributed by atoms with Crippen LogP contribution in [0.25, 0.3) is 0 Å². The molecule has 2 aliphatic rings. The molecular formula is C17H22N4O3S. The summed E-state index contributed by atoms with van der Waals surface area (Å²) in [5.41, 5.74) is 0.739. The topological polar surface area (TPSA) is 82.5 Å². The summed E-state index contributed by atoms with van der Waals surface area (Å²) >= 11 is 0. The summed E-state index contributed by atoms with van der Waals surface area (Å²) in [6.45, 7) is 2.88. The van der Waals surface area contributed by atoms with E-state index in [4.69, 9.17) is 4.74 Å². The first-order valence-electron chi connectivity index (χ1n) is 8.44. The monoisotopic (exact) mass is 362 g/mol. The minimum absolute atomic E-state index is 0.123. The minimum atomic E-state index is -3.57. The van der Waals surface area contributed by atoms with E-state index in [1.54, 1.807) is 12.3 Å². The maximum atomic E-state index is 12.4. The van der Waals surface area contributed by atoms with Crippen molar-refractivity contribution in [1.82, 2.24) is 19.2 Å². The van der Waals surface area contributed by atoms with E-state index in [0.29, 0.717) is 0 Å². The lowest BCUT2D eigenvalue weighted by Gasteiger charge is -2.40. The highest BCUT2D eigenvalue weighted by molar-refractivity contribution is 7.95. The summed E-state index contributed by atoms with van der Waals surface area (Å²) in [7, 11) is -1.52. The second kappa shape index (κ2) is 6.21. The van der Waals surface area contributed by atoms with Crippen molar-refractivity contribution in [3.05, 3.63) is 42.4 Å². The summed E-state index contributed by atoms with van der Waals surface area (Å²) in [4.78, 5) is 6.66. The van der Waals surface area contributed by atoms with Gasteiger partial charge in [0, 0.05) is 63.7 Å². The molecule has 2 aromatic heterocycles. The Kier molecular flexibility index (Phi) is 4.15. The second-order valence-electron chi connectivity index (χ2n) is 6.80. The van der Waals surface area contributed by atoms with E-state index in [1.165, 1.54) is 11.8 Å². The molecule has 0 saturated carbocycles. The predicted molar refractivity (Wildman–Crippen MR) is 92.6 cm³/mol. The molecule has 8 heteroatoms. The number of nitrogens with zero attached hydrogens (tertiary/aromatic N) is 3. The molecule has 7 nitrogen and oxygen atoms in total. The van der Waals surface area contributed by atoms with Crippen LogP contribution in [0.1, 0.15) is 18.5 Å². The van der Waals surface area contributed by atoms with E-state index in [0.717, 1.165) is 32.5 Å². The largest absolute Gasteiger partial charge is 0.593 e. The number of aromatic nitrogens is 2. The third-order valence-electron chi connectivity index (χ3n) is 5.13. The molecule has 1 unspecified atom stereocenters. The van der Waals surface area contributed by atoms with E-state index < -0.39 is 16.0 Å². The fourth-order valence-electron chi connectivity index (χ4n) is 3.49. The molecule has 2 aromatic rings. The highest BCUT2D eigenvalue weighted by Gasteiger charge is 2.44. The molecule has 1 N–H and O–H groups in total. The number of rotatable bonds is 2. The molecule has 0 bridgehead atoms. The fourth-order valence-corrected chi connectivity index (χ4v) is 4.68. The fraction of sp³-hybridized carbons (Fsp3) is 0.471. The number of nitrogens with one attached hydrogen (secondary N) is 1. The highest BCUT2D eigenvalue weighted by atomic mass is 32.3. The molecule has 1 spiro atoms. The second-order valence-corrected chi connectivity index (χ2v) is 8.54. The lowest BCUT2D eigenvalue weighted by molar-refractivity contribution is -0.000220. The van der Waals surface area contributed by atoms with Crippen LogP contribution in [-0.2, 0) is 28.2 Å². The van der Waals surface area contributed by atoms with Gasteiger partial charge in [-0.05, 0) is 18.2 Å². The molecule has 134 valence electrons. The molecule has 25 heavy (non-hydrogen) atoms. The maximum absolute atomic E-state index is 12.4. The van der Waals surface area contributed by atoms with Crippen molar-refractivity contribution < 1.29 is 13.5 Å². The van der Waals surface area contributed by atoms with Crippen LogP contribution in [-0.4, -0.2) is 44.2 Å². The van der Waals surface area contributed by atoms with Crippen LogP contribution in [0.5, 0.6) is 5.88 Å². The first-order chi connectivity index (χ1) is 12.0. The average Bonchev–Trinajstić information content (AvgIpc) is 2.96. The molecule has 1 fully saturated rings. The molecule has 0 aliphatic carbocycles. The van der Waals surface area contributed by atoms with Gasteiger partial charge in [0.2, 0.25) is 4.90 Å². The summed E-state index contributed by atoms with van der Waals surface area (Å²) in [6.07, 6.45) is 5.14. The zero-order valence-electron chi connectivity index (χ0n) is 14.2. The maximum Gasteiger partial charge on any atom is 0.272 e. The van der Waals surface area contributed by atoms with Gasteiger partial charge in [0.15, 0.2) is 10.4 Å². The zero-order chi connectivity index (χ0) is 17.5. The Hall–Kier alpha value is -1.74. The Balaban J connectivity index is 1.49. The van der Waals surface area contributed by atoms with Crippen molar-refractivity contribution in [1.29, 1.82) is 0 Å². The average molecular weight is 362 g/mol. The van der Waals surface area contributed by atoms with E-state index in [1.807, 2.05) is 19.3 Å². The number of aryl methyl sites for hydroxylation is 1. The highest BCUT2D eigenvalue weighted by Crippen LogP contribution is 2.35. The number of sulfonamides is 1. The quantitative estimate of drug-likeness (QED) is 0.815. The molecule has 0 aromatic carbocycles. The Morgan fingerprint density at radius 2 is 2.16 bits per heavy atom. The Morgan fingerprint density at radius 1 is 1.36 bits per heavy atom. The van der Waals surface area contributed by atoms with Crippen LogP contribution in [0, 0.1) is 0 Å². The van der Waals surface area contributed by atoms with E-state index in [9.17, 15) is 8.76 Å². The number of pyridine rings is 1. The van der Waals surface area contributed by atoms with Gasteiger partial charge in [0.25, 0.3) is 5.88 Å². The van der Waals surface area contributed by atoms with Crippen LogP contribution in [0.3, 0.4) is 0 Å². The van der Waals surface area contributed by atoms with Gasteiger partial charge in [-0.25, -0.2) is 4.98 Å². The lowest BCUT2D eigenvalue weighted by Crippen LogP contribution is -2.53. The first-order valence-corrected chi connectivity index (χ1v) is 9.92. The van der Waals surface area contributed by atoms with Crippen molar-refractivity contribution >= 4 is 10.4 Å². The summed E-state index contributed by atoms with van der Waals surface area (Å²) in [6, 6.07) is 7.32. The zero-order valence-corrected chi connectivity index (χ0v) is 15.0. The molecular weight excluding hydrogens is 340 g/mol. The van der Waals surface area contributed by atoms with Crippen LogP contribution < -0.4 is 9.46 Å². The van der Waals surface area contributed by atoms with Crippen LogP contribution in [0.2, 0.25) is 0 Å². The van der Waals surface area contributed by atoms with Gasteiger partial charge in [-0.2, -0.15) is 0 Å². The van der Waals surface area contributed by atoms with Gasteiger partial charge in [-0.1, -0.05) is 4.21 Å².